The summed E-state index contributed by atoms with van der Waals surface area (Å²) in [7, 11) is 0. The molecular formula is C35H64N2O6. The van der Waals surface area contributed by atoms with Gasteiger partial charge in [-0.15, -0.1) is 0 Å². The summed E-state index contributed by atoms with van der Waals surface area (Å²) < 4.78 is 11.7. The van der Waals surface area contributed by atoms with Gasteiger partial charge in [-0.2, -0.15) is 0 Å². The van der Waals surface area contributed by atoms with Gasteiger partial charge in [-0.05, 0) is 39.0 Å². The van der Waals surface area contributed by atoms with Crippen molar-refractivity contribution in [2.24, 2.45) is 23.2 Å². The minimum absolute atomic E-state index is 0.0108. The average Bonchev–Trinajstić information content (AvgIpc) is 2.95. The Balaban J connectivity index is 1.77. The maximum Gasteiger partial charge on any atom is 0.308 e. The lowest BCUT2D eigenvalue weighted by Crippen LogP contribution is -2.57. The molecule has 0 aromatic rings. The minimum Gasteiger partial charge on any atom is -0.481 e. The lowest BCUT2D eigenvalue weighted by Gasteiger charge is -2.45. The highest BCUT2D eigenvalue weighted by Crippen LogP contribution is 2.35. The number of nitrogens with one attached hydrogen (secondary N) is 2. The van der Waals surface area contributed by atoms with Crippen LogP contribution in [0.2, 0.25) is 0 Å². The first-order valence-electron chi connectivity index (χ1n) is 17.5. The number of carboxylic acid groups (broad SMARTS) is 1. The lowest BCUT2D eigenvalue weighted by molar-refractivity contribution is -0.304. The molecule has 1 heterocycles. The third kappa shape index (κ3) is 13.5. The second kappa shape index (κ2) is 19.0. The number of rotatable bonds is 20. The van der Waals surface area contributed by atoms with Gasteiger partial charge >= 0.3 is 5.97 Å². The molecule has 43 heavy (non-hydrogen) atoms. The largest absolute Gasteiger partial charge is 0.481 e. The van der Waals surface area contributed by atoms with Gasteiger partial charge < -0.3 is 25.2 Å². The minimum atomic E-state index is -0.941. The van der Waals surface area contributed by atoms with E-state index in [4.69, 9.17) is 9.47 Å². The number of unbranched alkanes of at least 4 members (excludes halogenated alkanes) is 11. The molecule has 3 N–H and O–H groups in total. The Morgan fingerprint density at radius 1 is 0.860 bits per heavy atom. The normalized spacial score (nSPS) is 24.6. The highest BCUT2D eigenvalue weighted by atomic mass is 16.7. The summed E-state index contributed by atoms with van der Waals surface area (Å²) >= 11 is 0. The van der Waals surface area contributed by atoms with Crippen LogP contribution in [0.5, 0.6) is 0 Å². The van der Waals surface area contributed by atoms with Crippen molar-refractivity contribution < 1.29 is 29.0 Å². The molecule has 0 spiro atoms. The smallest absolute Gasteiger partial charge is 0.308 e. The molecule has 2 fully saturated rings. The van der Waals surface area contributed by atoms with Crippen molar-refractivity contribution in [3.8, 4) is 0 Å². The zero-order valence-electron chi connectivity index (χ0n) is 28.3. The van der Waals surface area contributed by atoms with Gasteiger partial charge in [0.1, 0.15) is 6.10 Å². The maximum absolute atomic E-state index is 13.2. The van der Waals surface area contributed by atoms with Crippen LogP contribution in [-0.4, -0.2) is 54.0 Å². The molecule has 8 heteroatoms. The molecule has 2 rings (SSSR count). The van der Waals surface area contributed by atoms with Crippen LogP contribution in [0.3, 0.4) is 0 Å². The molecule has 2 amide bonds. The van der Waals surface area contributed by atoms with Gasteiger partial charge in [0.05, 0.1) is 12.5 Å². The Kier molecular flexibility index (Phi) is 16.6. The molecule has 0 aromatic carbocycles. The molecule has 0 aromatic heterocycles. The number of aliphatic carboxylic acids is 1. The molecular weight excluding hydrogens is 544 g/mol. The predicted molar refractivity (Wildman–Crippen MR) is 172 cm³/mol. The summed E-state index contributed by atoms with van der Waals surface area (Å²) in [6, 6.07) is -0.196. The standard InChI is InChI=1S/C35H64N2O6/c1-7-8-9-10-11-12-13-14-15-16-17-18-21-26(2)31(38)37-29-23-20-19-22-27(29)28(33(40)41)24-36-32(39)30-34(3,4)25-42-35(5,6)43-30/h26-30H,7-25H2,1-6H3,(H,36,39)(H,37,38)(H,40,41)/t26?,27-,28?,29-,30?/m0/s1. The van der Waals surface area contributed by atoms with Crippen molar-refractivity contribution in [3.63, 3.8) is 0 Å². The Morgan fingerprint density at radius 2 is 1.42 bits per heavy atom. The molecule has 1 aliphatic heterocycles. The summed E-state index contributed by atoms with van der Waals surface area (Å²) in [4.78, 5) is 38.7. The zero-order chi connectivity index (χ0) is 31.9. The number of ether oxygens (including phenoxy) is 2. The highest BCUT2D eigenvalue weighted by Gasteiger charge is 2.46. The van der Waals surface area contributed by atoms with E-state index in [2.05, 4.69) is 17.6 Å². The van der Waals surface area contributed by atoms with Crippen LogP contribution in [0.25, 0.3) is 0 Å². The molecule has 1 aliphatic carbocycles. The van der Waals surface area contributed by atoms with Crippen molar-refractivity contribution in [1.82, 2.24) is 10.6 Å². The van der Waals surface area contributed by atoms with Crippen LogP contribution in [0.15, 0.2) is 0 Å². The van der Waals surface area contributed by atoms with Crippen LogP contribution in [-0.2, 0) is 23.9 Å². The fourth-order valence-electron chi connectivity index (χ4n) is 6.61. The first kappa shape index (κ1) is 37.5. The quantitative estimate of drug-likeness (QED) is 0.124. The van der Waals surface area contributed by atoms with Crippen LogP contribution in [0.4, 0.5) is 0 Å². The monoisotopic (exact) mass is 608 g/mol. The molecule has 0 radical (unpaired) electrons. The lowest BCUT2D eigenvalue weighted by atomic mass is 9.76. The first-order chi connectivity index (χ1) is 20.4. The van der Waals surface area contributed by atoms with E-state index in [9.17, 15) is 19.5 Å². The molecule has 0 bridgehead atoms. The maximum atomic E-state index is 13.2. The number of amides is 2. The van der Waals surface area contributed by atoms with E-state index >= 15 is 0 Å². The van der Waals surface area contributed by atoms with Crippen LogP contribution < -0.4 is 10.6 Å². The average molecular weight is 609 g/mol. The fraction of sp³-hybridized carbons (Fsp3) is 0.914. The molecule has 1 saturated carbocycles. The van der Waals surface area contributed by atoms with E-state index in [1.54, 1.807) is 13.8 Å². The molecule has 2 aliphatic rings. The van der Waals surface area contributed by atoms with Crippen molar-refractivity contribution >= 4 is 17.8 Å². The zero-order valence-corrected chi connectivity index (χ0v) is 28.3. The fourth-order valence-corrected chi connectivity index (χ4v) is 6.61. The van der Waals surface area contributed by atoms with Gasteiger partial charge in [-0.25, -0.2) is 0 Å². The number of hydrogen-bond donors (Lipinski definition) is 3. The van der Waals surface area contributed by atoms with Crippen molar-refractivity contribution in [3.05, 3.63) is 0 Å². The molecule has 5 atom stereocenters. The van der Waals surface area contributed by atoms with Crippen LogP contribution in [0.1, 0.15) is 151 Å². The van der Waals surface area contributed by atoms with E-state index in [1.165, 1.54) is 64.2 Å². The predicted octanol–water partition coefficient (Wildman–Crippen LogP) is 7.38. The van der Waals surface area contributed by atoms with Gasteiger partial charge in [0.2, 0.25) is 11.8 Å². The second-order valence-corrected chi connectivity index (χ2v) is 14.5. The topological polar surface area (TPSA) is 114 Å². The summed E-state index contributed by atoms with van der Waals surface area (Å²) in [5, 5.41) is 16.2. The SMILES string of the molecule is CCCCCCCCCCCCCCC(C)C(=O)N[C@H]1CCCC[C@H]1C(CNC(=O)C1OC(C)(C)OCC1(C)C)C(=O)O. The van der Waals surface area contributed by atoms with Gasteiger partial charge in [-0.1, -0.05) is 118 Å². The molecule has 250 valence electrons. The Labute approximate surface area is 262 Å². The van der Waals surface area contributed by atoms with Crippen LogP contribution in [0, 0.1) is 23.2 Å². The van der Waals surface area contributed by atoms with E-state index in [-0.39, 0.29) is 36.2 Å². The first-order valence-corrected chi connectivity index (χ1v) is 17.5. The number of carbonyl (C=O) groups is 3. The third-order valence-corrected chi connectivity index (χ3v) is 9.56. The highest BCUT2D eigenvalue weighted by molar-refractivity contribution is 5.82. The molecule has 8 nitrogen and oxygen atoms in total. The van der Waals surface area contributed by atoms with E-state index in [0.29, 0.717) is 6.61 Å². The number of carboxylic acids is 1. The van der Waals surface area contributed by atoms with Crippen molar-refractivity contribution in [2.45, 2.75) is 169 Å². The van der Waals surface area contributed by atoms with E-state index in [0.717, 1.165) is 44.9 Å². The van der Waals surface area contributed by atoms with Crippen LogP contribution >= 0.6 is 0 Å². The summed E-state index contributed by atoms with van der Waals surface area (Å²) in [5.41, 5.74) is -0.538. The van der Waals surface area contributed by atoms with Gasteiger partial charge in [0.15, 0.2) is 5.79 Å². The summed E-state index contributed by atoms with van der Waals surface area (Å²) in [6.07, 6.45) is 19.0. The van der Waals surface area contributed by atoms with Crippen molar-refractivity contribution in [1.29, 1.82) is 0 Å². The number of hydrogen-bond acceptors (Lipinski definition) is 5. The van der Waals surface area contributed by atoms with E-state index < -0.39 is 29.2 Å². The molecule has 1 saturated heterocycles. The summed E-state index contributed by atoms with van der Waals surface area (Å²) in [5.74, 6) is -3.22. The van der Waals surface area contributed by atoms with Gasteiger partial charge in [0, 0.05) is 23.9 Å². The van der Waals surface area contributed by atoms with E-state index in [1.807, 2.05) is 20.8 Å². The van der Waals surface area contributed by atoms with Gasteiger partial charge in [0.25, 0.3) is 0 Å². The Hall–Kier alpha value is -1.67. The third-order valence-electron chi connectivity index (χ3n) is 9.56. The number of carbonyl (C=O) groups excluding carboxylic acids is 2. The van der Waals surface area contributed by atoms with Gasteiger partial charge in [-0.3, -0.25) is 14.4 Å². The Morgan fingerprint density at radius 3 is 2.00 bits per heavy atom. The van der Waals surface area contributed by atoms with Crippen molar-refractivity contribution in [2.75, 3.05) is 13.2 Å². The molecule has 3 unspecified atom stereocenters. The second-order valence-electron chi connectivity index (χ2n) is 14.5. The Bertz CT molecular complexity index is 844. The summed E-state index contributed by atoms with van der Waals surface area (Å²) in [6.45, 7) is 12.0.